The zero-order valence-corrected chi connectivity index (χ0v) is 13.9. The maximum Gasteiger partial charge on any atom is 0.315 e. The lowest BCUT2D eigenvalue weighted by Gasteiger charge is -2.13. The summed E-state index contributed by atoms with van der Waals surface area (Å²) in [5.74, 6) is 1.55. The van der Waals surface area contributed by atoms with Gasteiger partial charge in [-0.05, 0) is 46.0 Å². The molecule has 2 aromatic rings. The van der Waals surface area contributed by atoms with Crippen LogP contribution in [0.2, 0.25) is 0 Å². The zero-order chi connectivity index (χ0) is 16.1. The van der Waals surface area contributed by atoms with Gasteiger partial charge < -0.3 is 19.4 Å². The van der Waals surface area contributed by atoms with Gasteiger partial charge in [-0.3, -0.25) is 0 Å². The molecule has 1 N–H and O–H groups in total. The summed E-state index contributed by atoms with van der Waals surface area (Å²) in [5, 5.41) is 11.0. The SMILES string of the molecule is Cc1cc(C)c(OCCNc2nnc(CN(C)C)o2)c(C)c1. The van der Waals surface area contributed by atoms with Crippen LogP contribution >= 0.6 is 0 Å². The lowest BCUT2D eigenvalue weighted by molar-refractivity contribution is 0.324. The van der Waals surface area contributed by atoms with Crippen molar-refractivity contribution in [1.82, 2.24) is 15.1 Å². The van der Waals surface area contributed by atoms with Gasteiger partial charge in [0, 0.05) is 0 Å². The first-order chi connectivity index (χ1) is 10.5. The third-order valence-corrected chi connectivity index (χ3v) is 3.15. The van der Waals surface area contributed by atoms with Crippen LogP contribution in [0.4, 0.5) is 6.01 Å². The van der Waals surface area contributed by atoms with Crippen molar-refractivity contribution in [1.29, 1.82) is 0 Å². The second-order valence-electron chi connectivity index (χ2n) is 5.74. The van der Waals surface area contributed by atoms with Gasteiger partial charge in [-0.15, -0.1) is 5.10 Å². The van der Waals surface area contributed by atoms with E-state index < -0.39 is 0 Å². The van der Waals surface area contributed by atoms with E-state index >= 15 is 0 Å². The van der Waals surface area contributed by atoms with Gasteiger partial charge in [-0.2, -0.15) is 0 Å². The summed E-state index contributed by atoms with van der Waals surface area (Å²) >= 11 is 0. The lowest BCUT2D eigenvalue weighted by Crippen LogP contribution is -2.13. The molecule has 0 aliphatic carbocycles. The highest BCUT2D eigenvalue weighted by molar-refractivity contribution is 5.42. The molecule has 2 rings (SSSR count). The number of nitrogens with one attached hydrogen (secondary N) is 1. The second kappa shape index (κ2) is 7.26. The maximum absolute atomic E-state index is 5.86. The van der Waals surface area contributed by atoms with Gasteiger partial charge in [0.1, 0.15) is 12.4 Å². The molecule has 0 aliphatic heterocycles. The average Bonchev–Trinajstić information content (AvgIpc) is 2.83. The fourth-order valence-corrected chi connectivity index (χ4v) is 2.36. The topological polar surface area (TPSA) is 63.4 Å². The summed E-state index contributed by atoms with van der Waals surface area (Å²) in [7, 11) is 3.91. The van der Waals surface area contributed by atoms with Crippen molar-refractivity contribution in [3.05, 3.63) is 34.7 Å². The third kappa shape index (κ3) is 4.46. The van der Waals surface area contributed by atoms with Crippen LogP contribution in [-0.4, -0.2) is 42.3 Å². The number of hydrogen-bond acceptors (Lipinski definition) is 6. The molecule has 0 atom stereocenters. The molecule has 0 saturated carbocycles. The van der Waals surface area contributed by atoms with Crippen molar-refractivity contribution in [3.63, 3.8) is 0 Å². The van der Waals surface area contributed by atoms with Crippen LogP contribution in [0.15, 0.2) is 16.5 Å². The molecule has 1 aromatic carbocycles. The third-order valence-electron chi connectivity index (χ3n) is 3.15. The van der Waals surface area contributed by atoms with E-state index in [2.05, 4.69) is 48.4 Å². The number of rotatable bonds is 7. The number of anilines is 1. The van der Waals surface area contributed by atoms with E-state index in [1.807, 2.05) is 19.0 Å². The molecule has 22 heavy (non-hydrogen) atoms. The predicted octanol–water partition coefficient (Wildman–Crippen LogP) is 2.55. The molecule has 0 saturated heterocycles. The molecule has 1 aromatic heterocycles. The molecule has 0 aliphatic rings. The Morgan fingerprint density at radius 2 is 1.82 bits per heavy atom. The van der Waals surface area contributed by atoms with Crippen molar-refractivity contribution < 1.29 is 9.15 Å². The van der Waals surface area contributed by atoms with E-state index in [1.165, 1.54) is 5.56 Å². The normalized spacial score (nSPS) is 11.0. The Morgan fingerprint density at radius 1 is 1.14 bits per heavy atom. The van der Waals surface area contributed by atoms with E-state index in [1.54, 1.807) is 0 Å². The Bertz CT molecular complexity index is 599. The van der Waals surface area contributed by atoms with Gasteiger partial charge in [-0.25, -0.2) is 0 Å². The molecule has 0 unspecified atom stereocenters. The second-order valence-corrected chi connectivity index (χ2v) is 5.74. The largest absolute Gasteiger partial charge is 0.491 e. The number of hydrogen-bond donors (Lipinski definition) is 1. The van der Waals surface area contributed by atoms with Crippen LogP contribution in [0.5, 0.6) is 5.75 Å². The number of aromatic nitrogens is 2. The van der Waals surface area contributed by atoms with Gasteiger partial charge in [-0.1, -0.05) is 22.8 Å². The standard InChI is InChI=1S/C16H24N4O2/c1-11-8-12(2)15(13(3)9-11)21-7-6-17-16-19-18-14(22-16)10-20(4)5/h8-9H,6-7,10H2,1-5H3,(H,17,19). The van der Waals surface area contributed by atoms with Crippen LogP contribution < -0.4 is 10.1 Å². The molecule has 6 nitrogen and oxygen atoms in total. The Labute approximate surface area is 131 Å². The van der Waals surface area contributed by atoms with Crippen LogP contribution in [0.25, 0.3) is 0 Å². The molecule has 120 valence electrons. The van der Waals surface area contributed by atoms with Crippen molar-refractivity contribution in [2.45, 2.75) is 27.3 Å². The van der Waals surface area contributed by atoms with Crippen LogP contribution in [0, 0.1) is 20.8 Å². The minimum atomic E-state index is 0.429. The van der Waals surface area contributed by atoms with Gasteiger partial charge in [0.05, 0.1) is 13.1 Å². The van der Waals surface area contributed by atoms with Gasteiger partial charge in [0.2, 0.25) is 5.89 Å². The molecular weight excluding hydrogens is 280 g/mol. The van der Waals surface area contributed by atoms with Crippen molar-refractivity contribution >= 4 is 6.01 Å². The van der Waals surface area contributed by atoms with Crippen molar-refractivity contribution in [2.24, 2.45) is 0 Å². The first-order valence-corrected chi connectivity index (χ1v) is 7.37. The lowest BCUT2D eigenvalue weighted by atomic mass is 10.1. The van der Waals surface area contributed by atoms with Gasteiger partial charge >= 0.3 is 6.01 Å². The number of benzene rings is 1. The average molecular weight is 304 g/mol. The highest BCUT2D eigenvalue weighted by Crippen LogP contribution is 2.24. The summed E-state index contributed by atoms with van der Waals surface area (Å²) < 4.78 is 11.3. The first-order valence-electron chi connectivity index (χ1n) is 7.37. The Hall–Kier alpha value is -2.08. The van der Waals surface area contributed by atoms with Crippen molar-refractivity contribution in [2.75, 3.05) is 32.6 Å². The first kappa shape index (κ1) is 16.3. The van der Waals surface area contributed by atoms with Crippen LogP contribution in [0.3, 0.4) is 0 Å². The smallest absolute Gasteiger partial charge is 0.315 e. The number of ether oxygens (including phenoxy) is 1. The number of aryl methyl sites for hydroxylation is 3. The Kier molecular flexibility index (Phi) is 5.38. The molecule has 0 bridgehead atoms. The minimum absolute atomic E-state index is 0.429. The molecule has 0 radical (unpaired) electrons. The molecule has 1 heterocycles. The summed E-state index contributed by atoms with van der Waals surface area (Å²) in [6.45, 7) is 7.99. The van der Waals surface area contributed by atoms with E-state index in [-0.39, 0.29) is 0 Å². The van der Waals surface area contributed by atoms with Crippen LogP contribution in [0.1, 0.15) is 22.6 Å². The zero-order valence-electron chi connectivity index (χ0n) is 13.9. The Balaban J connectivity index is 1.81. The fourth-order valence-electron chi connectivity index (χ4n) is 2.36. The summed E-state index contributed by atoms with van der Waals surface area (Å²) in [6.07, 6.45) is 0. The Morgan fingerprint density at radius 3 is 2.45 bits per heavy atom. The molecular formula is C16H24N4O2. The van der Waals surface area contributed by atoms with Crippen LogP contribution in [-0.2, 0) is 6.54 Å². The minimum Gasteiger partial charge on any atom is -0.491 e. The van der Waals surface area contributed by atoms with Crippen molar-refractivity contribution in [3.8, 4) is 5.75 Å². The highest BCUT2D eigenvalue weighted by atomic mass is 16.5. The maximum atomic E-state index is 5.86. The molecule has 0 spiro atoms. The summed E-state index contributed by atoms with van der Waals surface area (Å²) in [4.78, 5) is 1.98. The van der Waals surface area contributed by atoms with E-state index in [0.29, 0.717) is 31.6 Å². The fraction of sp³-hybridized carbons (Fsp3) is 0.500. The van der Waals surface area contributed by atoms with E-state index in [9.17, 15) is 0 Å². The van der Waals surface area contributed by atoms with E-state index in [0.717, 1.165) is 16.9 Å². The van der Waals surface area contributed by atoms with Gasteiger partial charge in [0.15, 0.2) is 0 Å². The summed E-state index contributed by atoms with van der Waals surface area (Å²) in [5.41, 5.74) is 3.56. The number of nitrogens with zero attached hydrogens (tertiary/aromatic N) is 3. The summed E-state index contributed by atoms with van der Waals surface area (Å²) in [6, 6.07) is 4.68. The molecule has 0 amide bonds. The predicted molar refractivity (Wildman–Crippen MR) is 86.3 cm³/mol. The van der Waals surface area contributed by atoms with E-state index in [4.69, 9.17) is 9.15 Å². The van der Waals surface area contributed by atoms with Gasteiger partial charge in [0.25, 0.3) is 0 Å². The quantitative estimate of drug-likeness (QED) is 0.793. The molecule has 6 heteroatoms. The molecule has 0 fully saturated rings. The highest BCUT2D eigenvalue weighted by Gasteiger charge is 2.07. The monoisotopic (exact) mass is 304 g/mol.